The summed E-state index contributed by atoms with van der Waals surface area (Å²) < 4.78 is 5.55. The van der Waals surface area contributed by atoms with Gasteiger partial charge in [-0.05, 0) is 30.2 Å². The number of aliphatic hydroxyl groups excluding tert-OH is 1. The molecule has 0 heterocycles. The standard InChI is InChI=1S/C15H17NO2/c1-11-7-13(16)9-14(8-11)18-10-15(17)12-5-3-2-4-6-12/h2-9,15,17H,10,16H2,1H3. The van der Waals surface area contributed by atoms with Crippen LogP contribution in [0.4, 0.5) is 5.69 Å². The van der Waals surface area contributed by atoms with E-state index in [4.69, 9.17) is 10.5 Å². The third-order valence-corrected chi connectivity index (χ3v) is 2.67. The Morgan fingerprint density at radius 1 is 1.17 bits per heavy atom. The Kier molecular flexibility index (Phi) is 3.85. The number of hydrogen-bond donors (Lipinski definition) is 2. The highest BCUT2D eigenvalue weighted by Gasteiger charge is 2.08. The normalized spacial score (nSPS) is 12.1. The Bertz CT molecular complexity index is 491. The minimum atomic E-state index is -0.632. The van der Waals surface area contributed by atoms with Gasteiger partial charge in [0.1, 0.15) is 18.5 Å². The zero-order valence-corrected chi connectivity index (χ0v) is 10.3. The van der Waals surface area contributed by atoms with E-state index >= 15 is 0 Å². The quantitative estimate of drug-likeness (QED) is 0.812. The van der Waals surface area contributed by atoms with Gasteiger partial charge in [-0.25, -0.2) is 0 Å². The van der Waals surface area contributed by atoms with Gasteiger partial charge in [-0.3, -0.25) is 0 Å². The fraction of sp³-hybridized carbons (Fsp3) is 0.200. The topological polar surface area (TPSA) is 55.5 Å². The van der Waals surface area contributed by atoms with E-state index in [1.165, 1.54) is 0 Å². The van der Waals surface area contributed by atoms with Crippen molar-refractivity contribution >= 4 is 5.69 Å². The van der Waals surface area contributed by atoms with E-state index in [1.54, 1.807) is 6.07 Å². The molecular weight excluding hydrogens is 226 g/mol. The average Bonchev–Trinajstić information content (AvgIpc) is 2.36. The van der Waals surface area contributed by atoms with Crippen molar-refractivity contribution in [1.29, 1.82) is 0 Å². The maximum atomic E-state index is 9.96. The molecule has 3 N–H and O–H groups in total. The molecule has 0 aliphatic carbocycles. The highest BCUT2D eigenvalue weighted by atomic mass is 16.5. The largest absolute Gasteiger partial charge is 0.490 e. The van der Waals surface area contributed by atoms with Gasteiger partial charge in [0.05, 0.1) is 0 Å². The molecule has 0 amide bonds. The summed E-state index contributed by atoms with van der Waals surface area (Å²) in [7, 11) is 0. The second-order valence-corrected chi connectivity index (χ2v) is 4.32. The molecule has 94 valence electrons. The molecule has 0 fully saturated rings. The molecule has 0 bridgehead atoms. The van der Waals surface area contributed by atoms with Crippen LogP contribution in [0.1, 0.15) is 17.2 Å². The second-order valence-electron chi connectivity index (χ2n) is 4.32. The highest BCUT2D eigenvalue weighted by Crippen LogP contribution is 2.20. The van der Waals surface area contributed by atoms with Crippen molar-refractivity contribution in [3.05, 3.63) is 59.7 Å². The minimum absolute atomic E-state index is 0.215. The molecule has 1 atom stereocenters. The van der Waals surface area contributed by atoms with Gasteiger partial charge in [-0.15, -0.1) is 0 Å². The molecule has 18 heavy (non-hydrogen) atoms. The first kappa shape index (κ1) is 12.5. The molecule has 0 aliphatic rings. The zero-order chi connectivity index (χ0) is 13.0. The van der Waals surface area contributed by atoms with Crippen LogP contribution in [-0.2, 0) is 0 Å². The lowest BCUT2D eigenvalue weighted by Crippen LogP contribution is -2.09. The number of nitrogen functional groups attached to an aromatic ring is 1. The van der Waals surface area contributed by atoms with E-state index in [9.17, 15) is 5.11 Å². The highest BCUT2D eigenvalue weighted by molar-refractivity contribution is 5.47. The summed E-state index contributed by atoms with van der Waals surface area (Å²) in [6.45, 7) is 2.17. The van der Waals surface area contributed by atoms with Crippen LogP contribution < -0.4 is 10.5 Å². The van der Waals surface area contributed by atoms with E-state index in [1.807, 2.05) is 49.4 Å². The minimum Gasteiger partial charge on any atom is -0.490 e. The van der Waals surface area contributed by atoms with Gasteiger partial charge in [0, 0.05) is 11.8 Å². The SMILES string of the molecule is Cc1cc(N)cc(OCC(O)c2ccccc2)c1. The van der Waals surface area contributed by atoms with Crippen LogP contribution in [0.25, 0.3) is 0 Å². The van der Waals surface area contributed by atoms with Crippen LogP contribution in [0.3, 0.4) is 0 Å². The predicted octanol–water partition coefficient (Wildman–Crippen LogP) is 2.69. The average molecular weight is 243 g/mol. The van der Waals surface area contributed by atoms with Crippen LogP contribution in [0.15, 0.2) is 48.5 Å². The first-order valence-corrected chi connectivity index (χ1v) is 5.88. The zero-order valence-electron chi connectivity index (χ0n) is 10.3. The lowest BCUT2D eigenvalue weighted by molar-refractivity contribution is 0.108. The summed E-state index contributed by atoms with van der Waals surface area (Å²) in [4.78, 5) is 0. The third kappa shape index (κ3) is 3.25. The van der Waals surface area contributed by atoms with Gasteiger partial charge in [-0.2, -0.15) is 0 Å². The van der Waals surface area contributed by atoms with Crippen molar-refractivity contribution in [3.8, 4) is 5.75 Å². The maximum absolute atomic E-state index is 9.96. The Labute approximate surface area is 107 Å². The van der Waals surface area contributed by atoms with E-state index < -0.39 is 6.10 Å². The van der Waals surface area contributed by atoms with Crippen LogP contribution in [0.2, 0.25) is 0 Å². The lowest BCUT2D eigenvalue weighted by atomic mass is 10.1. The van der Waals surface area contributed by atoms with E-state index in [0.29, 0.717) is 11.4 Å². The first-order chi connectivity index (χ1) is 8.65. The van der Waals surface area contributed by atoms with Crippen molar-refractivity contribution < 1.29 is 9.84 Å². The second kappa shape index (κ2) is 5.56. The summed E-state index contributed by atoms with van der Waals surface area (Å²) in [5, 5.41) is 9.96. The number of benzene rings is 2. The Balaban J connectivity index is 1.99. The Hall–Kier alpha value is -2.00. The van der Waals surface area contributed by atoms with Gasteiger partial charge in [0.2, 0.25) is 0 Å². The van der Waals surface area contributed by atoms with Gasteiger partial charge < -0.3 is 15.6 Å². The molecule has 2 rings (SSSR count). The predicted molar refractivity (Wildman–Crippen MR) is 72.5 cm³/mol. The molecule has 0 aliphatic heterocycles. The molecule has 0 saturated carbocycles. The third-order valence-electron chi connectivity index (χ3n) is 2.67. The number of nitrogens with two attached hydrogens (primary N) is 1. The van der Waals surface area contributed by atoms with Gasteiger partial charge in [-0.1, -0.05) is 30.3 Å². The molecule has 2 aromatic carbocycles. The Morgan fingerprint density at radius 3 is 2.56 bits per heavy atom. The molecule has 3 heteroatoms. The fourth-order valence-electron chi connectivity index (χ4n) is 1.81. The van der Waals surface area contributed by atoms with Crippen molar-refractivity contribution in [2.75, 3.05) is 12.3 Å². The molecule has 3 nitrogen and oxygen atoms in total. The molecule has 0 spiro atoms. The van der Waals surface area contributed by atoms with Crippen molar-refractivity contribution in [2.24, 2.45) is 0 Å². The molecule has 0 aromatic heterocycles. The number of aryl methyl sites for hydroxylation is 1. The van der Waals surface area contributed by atoms with E-state index in [-0.39, 0.29) is 6.61 Å². The van der Waals surface area contributed by atoms with Gasteiger partial charge in [0.25, 0.3) is 0 Å². The molecule has 2 aromatic rings. The first-order valence-electron chi connectivity index (χ1n) is 5.88. The maximum Gasteiger partial charge on any atom is 0.121 e. The van der Waals surface area contributed by atoms with E-state index in [2.05, 4.69) is 0 Å². The van der Waals surface area contributed by atoms with E-state index in [0.717, 1.165) is 11.1 Å². The van der Waals surface area contributed by atoms with Gasteiger partial charge >= 0.3 is 0 Å². The van der Waals surface area contributed by atoms with Gasteiger partial charge in [0.15, 0.2) is 0 Å². The van der Waals surface area contributed by atoms with Crippen LogP contribution >= 0.6 is 0 Å². The summed E-state index contributed by atoms with van der Waals surface area (Å²) in [6, 6.07) is 15.0. The van der Waals surface area contributed by atoms with Crippen molar-refractivity contribution in [3.63, 3.8) is 0 Å². The monoisotopic (exact) mass is 243 g/mol. The summed E-state index contributed by atoms with van der Waals surface area (Å²) in [5.74, 6) is 0.683. The van der Waals surface area contributed by atoms with Crippen LogP contribution in [-0.4, -0.2) is 11.7 Å². The molecule has 0 saturated heterocycles. The lowest BCUT2D eigenvalue weighted by Gasteiger charge is -2.13. The number of anilines is 1. The molecule has 0 radical (unpaired) electrons. The number of hydrogen-bond acceptors (Lipinski definition) is 3. The van der Waals surface area contributed by atoms with Crippen molar-refractivity contribution in [1.82, 2.24) is 0 Å². The van der Waals surface area contributed by atoms with Crippen LogP contribution in [0, 0.1) is 6.92 Å². The van der Waals surface area contributed by atoms with Crippen LogP contribution in [0.5, 0.6) is 5.75 Å². The van der Waals surface area contributed by atoms with Crippen molar-refractivity contribution in [2.45, 2.75) is 13.0 Å². The molecular formula is C15H17NO2. The summed E-state index contributed by atoms with van der Waals surface area (Å²) in [6.07, 6.45) is -0.632. The smallest absolute Gasteiger partial charge is 0.121 e. The summed E-state index contributed by atoms with van der Waals surface area (Å²) in [5.41, 5.74) is 8.29. The molecule has 1 unspecified atom stereocenters. The number of rotatable bonds is 4. The fourth-order valence-corrected chi connectivity index (χ4v) is 1.81. The summed E-state index contributed by atoms with van der Waals surface area (Å²) >= 11 is 0. The Morgan fingerprint density at radius 2 is 1.89 bits per heavy atom. The number of aliphatic hydroxyl groups is 1. The number of ether oxygens (including phenoxy) is 1.